The van der Waals surface area contributed by atoms with Crippen LogP contribution in [-0.2, 0) is 21.3 Å². The highest BCUT2D eigenvalue weighted by atomic mass is 32.2. The van der Waals surface area contributed by atoms with Crippen LogP contribution >= 0.6 is 11.3 Å². The molecule has 1 fully saturated rings. The molecule has 0 saturated carbocycles. The van der Waals surface area contributed by atoms with Gasteiger partial charge in [-0.05, 0) is 25.0 Å². The zero-order valence-corrected chi connectivity index (χ0v) is 13.5. The van der Waals surface area contributed by atoms with E-state index in [2.05, 4.69) is 15.6 Å². The fourth-order valence-electron chi connectivity index (χ4n) is 2.01. The number of ether oxygens (including phenoxy) is 1. The van der Waals surface area contributed by atoms with E-state index in [9.17, 15) is 8.42 Å². The average Bonchev–Trinajstić information content (AvgIpc) is 3.09. The van der Waals surface area contributed by atoms with Gasteiger partial charge in [-0.3, -0.25) is 4.99 Å². The van der Waals surface area contributed by atoms with Crippen LogP contribution in [0.5, 0.6) is 0 Å². The van der Waals surface area contributed by atoms with Gasteiger partial charge in [0.1, 0.15) is 4.21 Å². The van der Waals surface area contributed by atoms with E-state index >= 15 is 0 Å². The summed E-state index contributed by atoms with van der Waals surface area (Å²) in [6.45, 7) is 2.03. The first-order valence-corrected chi connectivity index (χ1v) is 9.03. The van der Waals surface area contributed by atoms with Crippen molar-refractivity contribution in [3.63, 3.8) is 0 Å². The summed E-state index contributed by atoms with van der Waals surface area (Å²) < 4.78 is 28.1. The second kappa shape index (κ2) is 7.21. The second-order valence-electron chi connectivity index (χ2n) is 4.71. The molecule has 0 aliphatic carbocycles. The van der Waals surface area contributed by atoms with Crippen LogP contribution < -0.4 is 15.8 Å². The molecule has 7 nitrogen and oxygen atoms in total. The molecule has 1 unspecified atom stereocenters. The summed E-state index contributed by atoms with van der Waals surface area (Å²) in [6.07, 6.45) is 2.40. The van der Waals surface area contributed by atoms with E-state index in [0.29, 0.717) is 19.0 Å². The summed E-state index contributed by atoms with van der Waals surface area (Å²) in [6, 6.07) is 3.25. The van der Waals surface area contributed by atoms with E-state index in [1.807, 2.05) is 0 Å². The van der Waals surface area contributed by atoms with Crippen molar-refractivity contribution < 1.29 is 13.2 Å². The minimum atomic E-state index is -3.62. The maximum Gasteiger partial charge on any atom is 0.247 e. The molecule has 2 heterocycles. The van der Waals surface area contributed by atoms with Gasteiger partial charge in [-0.2, -0.15) is 0 Å². The minimum absolute atomic E-state index is 0.168. The third-order valence-corrected chi connectivity index (χ3v) is 5.62. The zero-order chi connectivity index (χ0) is 15.3. The van der Waals surface area contributed by atoms with Crippen molar-refractivity contribution in [2.45, 2.75) is 29.7 Å². The third-order valence-electron chi connectivity index (χ3n) is 3.09. The van der Waals surface area contributed by atoms with Gasteiger partial charge in [0.2, 0.25) is 10.0 Å². The van der Waals surface area contributed by atoms with Crippen LogP contribution in [0, 0.1) is 0 Å². The summed E-state index contributed by atoms with van der Waals surface area (Å²) in [5, 5.41) is 11.4. The van der Waals surface area contributed by atoms with Crippen molar-refractivity contribution in [1.82, 2.24) is 10.6 Å². The summed E-state index contributed by atoms with van der Waals surface area (Å²) in [5.74, 6) is 0.663. The number of hydrogen-bond donors (Lipinski definition) is 3. The summed E-state index contributed by atoms with van der Waals surface area (Å²) in [7, 11) is -1.93. The smallest absolute Gasteiger partial charge is 0.247 e. The Morgan fingerprint density at radius 2 is 2.33 bits per heavy atom. The van der Waals surface area contributed by atoms with Gasteiger partial charge in [-0.1, -0.05) is 0 Å². The molecule has 0 radical (unpaired) electrons. The Morgan fingerprint density at radius 1 is 1.52 bits per heavy atom. The Balaban J connectivity index is 1.81. The molecule has 1 aliphatic rings. The van der Waals surface area contributed by atoms with E-state index < -0.39 is 10.0 Å². The maximum absolute atomic E-state index is 11.2. The van der Waals surface area contributed by atoms with Crippen LogP contribution in [0.3, 0.4) is 0 Å². The van der Waals surface area contributed by atoms with Crippen LogP contribution in [0.2, 0.25) is 0 Å². The number of rotatable bonds is 5. The first-order valence-electron chi connectivity index (χ1n) is 6.66. The van der Waals surface area contributed by atoms with Gasteiger partial charge in [0.25, 0.3) is 0 Å². The molecule has 1 saturated heterocycles. The largest absolute Gasteiger partial charge is 0.376 e. The Hall–Kier alpha value is -1.16. The molecule has 4 N–H and O–H groups in total. The van der Waals surface area contributed by atoms with Crippen LogP contribution in [0.15, 0.2) is 21.3 Å². The molecule has 0 spiro atoms. The Morgan fingerprint density at radius 3 is 2.90 bits per heavy atom. The Kier molecular flexibility index (Phi) is 5.57. The number of hydrogen-bond acceptors (Lipinski definition) is 5. The SMILES string of the molecule is CN=C(NCc1ccc(S(N)(=O)=O)s1)NCC1CCCO1. The lowest BCUT2D eigenvalue weighted by Crippen LogP contribution is -2.40. The van der Waals surface area contributed by atoms with Crippen molar-refractivity contribution in [2.24, 2.45) is 10.1 Å². The van der Waals surface area contributed by atoms with Crippen molar-refractivity contribution >= 4 is 27.3 Å². The number of nitrogens with zero attached hydrogens (tertiary/aromatic N) is 1. The number of primary sulfonamides is 1. The zero-order valence-electron chi connectivity index (χ0n) is 11.8. The first kappa shape index (κ1) is 16.2. The molecule has 1 aliphatic heterocycles. The number of nitrogens with two attached hydrogens (primary N) is 1. The first-order chi connectivity index (χ1) is 9.99. The van der Waals surface area contributed by atoms with Crippen LogP contribution in [0.25, 0.3) is 0 Å². The van der Waals surface area contributed by atoms with Gasteiger partial charge in [0, 0.05) is 25.1 Å². The number of thiophene rings is 1. The van der Waals surface area contributed by atoms with Crippen LogP contribution in [0.4, 0.5) is 0 Å². The molecule has 118 valence electrons. The molecule has 2 rings (SSSR count). The lowest BCUT2D eigenvalue weighted by molar-refractivity contribution is 0.114. The minimum Gasteiger partial charge on any atom is -0.376 e. The Bertz CT molecular complexity index is 591. The average molecular weight is 332 g/mol. The van der Waals surface area contributed by atoms with Crippen molar-refractivity contribution in [1.29, 1.82) is 0 Å². The van der Waals surface area contributed by atoms with Gasteiger partial charge in [0.05, 0.1) is 12.6 Å². The molecule has 0 amide bonds. The molecular formula is C12H20N4O3S2. The fraction of sp³-hybridized carbons (Fsp3) is 0.583. The number of guanidine groups is 1. The molecule has 9 heteroatoms. The molecule has 1 aromatic heterocycles. The summed E-state index contributed by atoms with van der Waals surface area (Å²) in [4.78, 5) is 4.99. The van der Waals surface area contributed by atoms with Crippen molar-refractivity contribution in [3.05, 3.63) is 17.0 Å². The Labute approximate surface area is 128 Å². The normalized spacial score (nSPS) is 19.7. The van der Waals surface area contributed by atoms with E-state index in [-0.39, 0.29) is 10.3 Å². The quantitative estimate of drug-likeness (QED) is 0.529. The lowest BCUT2D eigenvalue weighted by Gasteiger charge is -2.14. The van der Waals surface area contributed by atoms with E-state index in [1.165, 1.54) is 6.07 Å². The topological polar surface area (TPSA) is 106 Å². The van der Waals surface area contributed by atoms with Gasteiger partial charge < -0.3 is 15.4 Å². The van der Waals surface area contributed by atoms with E-state index in [1.54, 1.807) is 13.1 Å². The van der Waals surface area contributed by atoms with Crippen LogP contribution in [0.1, 0.15) is 17.7 Å². The van der Waals surface area contributed by atoms with Gasteiger partial charge in [0.15, 0.2) is 5.96 Å². The number of aliphatic imine (C=N–C) groups is 1. The van der Waals surface area contributed by atoms with Gasteiger partial charge in [-0.15, -0.1) is 11.3 Å². The molecule has 1 aromatic rings. The molecule has 21 heavy (non-hydrogen) atoms. The van der Waals surface area contributed by atoms with Crippen LogP contribution in [-0.4, -0.2) is 40.7 Å². The monoisotopic (exact) mass is 332 g/mol. The highest BCUT2D eigenvalue weighted by Crippen LogP contribution is 2.19. The van der Waals surface area contributed by atoms with Crippen molar-refractivity contribution in [3.8, 4) is 0 Å². The second-order valence-corrected chi connectivity index (χ2v) is 7.66. The number of nitrogens with one attached hydrogen (secondary N) is 2. The maximum atomic E-state index is 11.2. The molecule has 0 aromatic carbocycles. The van der Waals surface area contributed by atoms with E-state index in [0.717, 1.165) is 35.7 Å². The fourth-order valence-corrected chi connectivity index (χ4v) is 3.73. The van der Waals surface area contributed by atoms with Crippen molar-refractivity contribution in [2.75, 3.05) is 20.2 Å². The predicted octanol–water partition coefficient (Wildman–Crippen LogP) is 0.240. The molecular weight excluding hydrogens is 312 g/mol. The van der Waals surface area contributed by atoms with Gasteiger partial charge >= 0.3 is 0 Å². The summed E-state index contributed by atoms with van der Waals surface area (Å²) in [5.41, 5.74) is 0. The van der Waals surface area contributed by atoms with Gasteiger partial charge in [-0.25, -0.2) is 13.6 Å². The third kappa shape index (κ3) is 4.95. The summed E-state index contributed by atoms with van der Waals surface area (Å²) >= 11 is 1.15. The lowest BCUT2D eigenvalue weighted by atomic mass is 10.2. The highest BCUT2D eigenvalue weighted by Gasteiger charge is 2.15. The molecule has 0 bridgehead atoms. The highest BCUT2D eigenvalue weighted by molar-refractivity contribution is 7.91. The van der Waals surface area contributed by atoms with E-state index in [4.69, 9.17) is 9.88 Å². The standard InChI is InChI=1S/C12H20N4O3S2/c1-14-12(15-7-9-3-2-6-19-9)16-8-10-4-5-11(20-10)21(13,17)18/h4-5,9H,2-3,6-8H2,1H3,(H2,13,17,18)(H2,14,15,16). The predicted molar refractivity (Wildman–Crippen MR) is 82.9 cm³/mol. The molecule has 1 atom stereocenters. The number of sulfonamides is 1.